The van der Waals surface area contributed by atoms with E-state index >= 15 is 0 Å². The van der Waals surface area contributed by atoms with Crippen LogP contribution in [0, 0.1) is 0 Å². The molecule has 0 aliphatic heterocycles. The van der Waals surface area contributed by atoms with Crippen LogP contribution in [0.3, 0.4) is 0 Å². The summed E-state index contributed by atoms with van der Waals surface area (Å²) in [5.41, 5.74) is 2.33. The van der Waals surface area contributed by atoms with Gasteiger partial charge in [-0.15, -0.1) is 0 Å². The predicted molar refractivity (Wildman–Crippen MR) is 94.5 cm³/mol. The number of anilines is 1. The maximum atomic E-state index is 5.16. The first-order valence-corrected chi connectivity index (χ1v) is 7.39. The molecule has 3 aromatic rings. The fraction of sp³-hybridized carbons (Fsp3) is 0.100. The molecule has 0 aliphatic carbocycles. The fourth-order valence-electron chi connectivity index (χ4n) is 2.46. The standard InChI is InChI=1S/C20H19NO/c1-22-18-13-11-16(12-14-18)6-5-15-21-20-10-4-8-17-7-2-3-9-19(17)20/h2-14,21H,15H2,1H3/b6-5+. The van der Waals surface area contributed by atoms with Crippen molar-refractivity contribution < 1.29 is 4.74 Å². The second-order valence-electron chi connectivity index (χ2n) is 5.08. The summed E-state index contributed by atoms with van der Waals surface area (Å²) < 4.78 is 5.16. The molecule has 2 nitrogen and oxygen atoms in total. The number of hydrogen-bond donors (Lipinski definition) is 1. The molecule has 0 aliphatic rings. The molecule has 110 valence electrons. The molecule has 0 saturated carbocycles. The number of rotatable bonds is 5. The van der Waals surface area contributed by atoms with E-state index in [2.05, 4.69) is 59.9 Å². The lowest BCUT2D eigenvalue weighted by Gasteiger charge is -2.07. The zero-order chi connectivity index (χ0) is 15.2. The molecule has 22 heavy (non-hydrogen) atoms. The Kier molecular flexibility index (Phi) is 4.40. The van der Waals surface area contributed by atoms with Crippen molar-refractivity contribution in [3.63, 3.8) is 0 Å². The first-order chi connectivity index (χ1) is 10.9. The second kappa shape index (κ2) is 6.81. The minimum absolute atomic E-state index is 0.792. The third-order valence-electron chi connectivity index (χ3n) is 3.63. The van der Waals surface area contributed by atoms with E-state index in [-0.39, 0.29) is 0 Å². The summed E-state index contributed by atoms with van der Waals surface area (Å²) in [6.45, 7) is 0.792. The average Bonchev–Trinajstić information content (AvgIpc) is 2.59. The van der Waals surface area contributed by atoms with Gasteiger partial charge in [0.2, 0.25) is 0 Å². The summed E-state index contributed by atoms with van der Waals surface area (Å²) in [5, 5.41) is 5.98. The van der Waals surface area contributed by atoms with E-state index in [1.807, 2.05) is 24.3 Å². The molecular formula is C20H19NO. The van der Waals surface area contributed by atoms with Crippen molar-refractivity contribution in [2.75, 3.05) is 19.0 Å². The number of hydrogen-bond acceptors (Lipinski definition) is 2. The summed E-state index contributed by atoms with van der Waals surface area (Å²) in [6.07, 6.45) is 4.24. The summed E-state index contributed by atoms with van der Waals surface area (Å²) >= 11 is 0. The highest BCUT2D eigenvalue weighted by molar-refractivity contribution is 5.93. The third-order valence-corrected chi connectivity index (χ3v) is 3.63. The lowest BCUT2D eigenvalue weighted by Crippen LogP contribution is -1.98. The van der Waals surface area contributed by atoms with Gasteiger partial charge in [0.25, 0.3) is 0 Å². The Bertz CT molecular complexity index is 770. The number of ether oxygens (including phenoxy) is 1. The highest BCUT2D eigenvalue weighted by Crippen LogP contribution is 2.22. The summed E-state index contributed by atoms with van der Waals surface area (Å²) in [4.78, 5) is 0. The Labute approximate surface area is 131 Å². The van der Waals surface area contributed by atoms with Crippen molar-refractivity contribution in [1.82, 2.24) is 0 Å². The van der Waals surface area contributed by atoms with Gasteiger partial charge in [-0.2, -0.15) is 0 Å². The molecule has 0 heterocycles. The van der Waals surface area contributed by atoms with Crippen LogP contribution in [-0.2, 0) is 0 Å². The van der Waals surface area contributed by atoms with Crippen LogP contribution >= 0.6 is 0 Å². The van der Waals surface area contributed by atoms with E-state index < -0.39 is 0 Å². The largest absolute Gasteiger partial charge is 0.497 e. The van der Waals surface area contributed by atoms with E-state index in [0.29, 0.717) is 0 Å². The first-order valence-electron chi connectivity index (χ1n) is 7.39. The number of methoxy groups -OCH3 is 1. The quantitative estimate of drug-likeness (QED) is 0.715. The van der Waals surface area contributed by atoms with E-state index in [4.69, 9.17) is 4.74 Å². The average molecular weight is 289 g/mol. The summed E-state index contributed by atoms with van der Waals surface area (Å²) in [6, 6.07) is 22.8. The number of fused-ring (bicyclic) bond motifs is 1. The Morgan fingerprint density at radius 3 is 2.50 bits per heavy atom. The maximum absolute atomic E-state index is 5.16. The van der Waals surface area contributed by atoms with E-state index in [1.165, 1.54) is 16.3 Å². The topological polar surface area (TPSA) is 21.3 Å². The van der Waals surface area contributed by atoms with Crippen LogP contribution in [0.1, 0.15) is 5.56 Å². The Hall–Kier alpha value is -2.74. The smallest absolute Gasteiger partial charge is 0.118 e. The SMILES string of the molecule is COc1ccc(/C=C/CNc2cccc3ccccc23)cc1. The van der Waals surface area contributed by atoms with Gasteiger partial charge in [-0.25, -0.2) is 0 Å². The molecule has 1 N–H and O–H groups in total. The Morgan fingerprint density at radius 2 is 1.68 bits per heavy atom. The zero-order valence-electron chi connectivity index (χ0n) is 12.6. The molecule has 0 saturated heterocycles. The Morgan fingerprint density at radius 1 is 0.909 bits per heavy atom. The molecule has 0 spiro atoms. The molecule has 0 unspecified atom stereocenters. The fourth-order valence-corrected chi connectivity index (χ4v) is 2.46. The molecule has 0 amide bonds. The normalized spacial score (nSPS) is 11.0. The molecule has 0 fully saturated rings. The minimum Gasteiger partial charge on any atom is -0.497 e. The second-order valence-corrected chi connectivity index (χ2v) is 5.08. The van der Waals surface area contributed by atoms with Crippen LogP contribution in [0.15, 0.2) is 72.8 Å². The molecule has 2 heteroatoms. The van der Waals surface area contributed by atoms with Crippen molar-refractivity contribution in [3.8, 4) is 5.75 Å². The van der Waals surface area contributed by atoms with E-state index in [9.17, 15) is 0 Å². The number of nitrogens with one attached hydrogen (secondary N) is 1. The highest BCUT2D eigenvalue weighted by atomic mass is 16.5. The van der Waals surface area contributed by atoms with Gasteiger partial charge in [-0.05, 0) is 29.1 Å². The summed E-state index contributed by atoms with van der Waals surface area (Å²) in [5.74, 6) is 0.881. The van der Waals surface area contributed by atoms with Crippen LogP contribution in [0.25, 0.3) is 16.8 Å². The van der Waals surface area contributed by atoms with E-state index in [1.54, 1.807) is 7.11 Å². The predicted octanol–water partition coefficient (Wildman–Crippen LogP) is 4.97. The van der Waals surface area contributed by atoms with Gasteiger partial charge < -0.3 is 10.1 Å². The van der Waals surface area contributed by atoms with Crippen molar-refractivity contribution in [1.29, 1.82) is 0 Å². The van der Waals surface area contributed by atoms with Gasteiger partial charge >= 0.3 is 0 Å². The molecule has 3 aromatic carbocycles. The van der Waals surface area contributed by atoms with Crippen LogP contribution < -0.4 is 10.1 Å². The van der Waals surface area contributed by atoms with Crippen LogP contribution in [0.5, 0.6) is 5.75 Å². The minimum atomic E-state index is 0.792. The van der Waals surface area contributed by atoms with Crippen LogP contribution in [-0.4, -0.2) is 13.7 Å². The van der Waals surface area contributed by atoms with E-state index in [0.717, 1.165) is 18.0 Å². The van der Waals surface area contributed by atoms with Crippen molar-refractivity contribution in [2.45, 2.75) is 0 Å². The van der Waals surface area contributed by atoms with Crippen LogP contribution in [0.4, 0.5) is 5.69 Å². The number of benzene rings is 3. The van der Waals surface area contributed by atoms with Gasteiger partial charge in [0, 0.05) is 17.6 Å². The van der Waals surface area contributed by atoms with Crippen molar-refractivity contribution in [3.05, 3.63) is 78.4 Å². The van der Waals surface area contributed by atoms with Gasteiger partial charge in [-0.1, -0.05) is 60.7 Å². The molecule has 0 bridgehead atoms. The molecule has 0 atom stereocenters. The first kappa shape index (κ1) is 14.2. The van der Waals surface area contributed by atoms with Crippen LogP contribution in [0.2, 0.25) is 0 Å². The Balaban J connectivity index is 1.65. The third kappa shape index (κ3) is 3.29. The zero-order valence-corrected chi connectivity index (χ0v) is 12.6. The van der Waals surface area contributed by atoms with Crippen molar-refractivity contribution in [2.24, 2.45) is 0 Å². The lowest BCUT2D eigenvalue weighted by molar-refractivity contribution is 0.415. The van der Waals surface area contributed by atoms with Gasteiger partial charge in [-0.3, -0.25) is 0 Å². The maximum Gasteiger partial charge on any atom is 0.118 e. The lowest BCUT2D eigenvalue weighted by atomic mass is 10.1. The molecular weight excluding hydrogens is 270 g/mol. The van der Waals surface area contributed by atoms with Crippen molar-refractivity contribution >= 4 is 22.5 Å². The monoisotopic (exact) mass is 289 g/mol. The molecule has 0 aromatic heterocycles. The molecule has 3 rings (SSSR count). The van der Waals surface area contributed by atoms with Gasteiger partial charge in [0.1, 0.15) is 5.75 Å². The highest BCUT2D eigenvalue weighted by Gasteiger charge is 1.97. The molecule has 0 radical (unpaired) electrons. The van der Waals surface area contributed by atoms with Gasteiger partial charge in [0.15, 0.2) is 0 Å². The van der Waals surface area contributed by atoms with Gasteiger partial charge in [0.05, 0.1) is 7.11 Å². The summed E-state index contributed by atoms with van der Waals surface area (Å²) in [7, 11) is 1.68.